The summed E-state index contributed by atoms with van der Waals surface area (Å²) in [7, 11) is 3.02. The largest absolute Gasteiger partial charge is 0.493 e. The Hall–Kier alpha value is -2.80. The molecule has 0 saturated carbocycles. The van der Waals surface area contributed by atoms with Crippen LogP contribution in [0.2, 0.25) is 5.02 Å². The van der Waals surface area contributed by atoms with E-state index >= 15 is 0 Å². The molecule has 0 radical (unpaired) electrons. The van der Waals surface area contributed by atoms with Crippen LogP contribution < -0.4 is 19.7 Å². The normalized spacial score (nSPS) is 16.4. The number of rotatable bonds is 5. The SMILES string of the molecule is COc1ccc(N2CC(C(=O)Nc3cccc(Cl)c3F)CC2=O)cc1OC. The Bertz CT molecular complexity index is 890. The van der Waals surface area contributed by atoms with Gasteiger partial charge in [0, 0.05) is 24.7 Å². The lowest BCUT2D eigenvalue weighted by atomic mass is 10.1. The van der Waals surface area contributed by atoms with E-state index in [1.54, 1.807) is 18.2 Å². The highest BCUT2D eigenvalue weighted by molar-refractivity contribution is 6.31. The molecule has 1 aliphatic rings. The van der Waals surface area contributed by atoms with Crippen LogP contribution in [0.15, 0.2) is 36.4 Å². The van der Waals surface area contributed by atoms with E-state index in [-0.39, 0.29) is 29.6 Å². The summed E-state index contributed by atoms with van der Waals surface area (Å²) in [6, 6.07) is 9.43. The van der Waals surface area contributed by atoms with Gasteiger partial charge in [-0.15, -0.1) is 0 Å². The third-order valence-corrected chi connectivity index (χ3v) is 4.68. The molecular weight excluding hydrogens is 375 g/mol. The van der Waals surface area contributed by atoms with E-state index in [9.17, 15) is 14.0 Å². The Morgan fingerprint density at radius 2 is 1.96 bits per heavy atom. The van der Waals surface area contributed by atoms with Crippen molar-refractivity contribution in [3.05, 3.63) is 47.2 Å². The number of benzene rings is 2. The molecule has 0 bridgehead atoms. The highest BCUT2D eigenvalue weighted by Crippen LogP contribution is 2.34. The van der Waals surface area contributed by atoms with E-state index in [1.165, 1.54) is 37.3 Å². The number of amides is 2. The first-order chi connectivity index (χ1) is 12.9. The van der Waals surface area contributed by atoms with Crippen LogP contribution in [0.3, 0.4) is 0 Å². The summed E-state index contributed by atoms with van der Waals surface area (Å²) < 4.78 is 24.4. The second kappa shape index (κ2) is 7.84. The third-order valence-electron chi connectivity index (χ3n) is 4.38. The Morgan fingerprint density at radius 1 is 1.22 bits per heavy atom. The zero-order valence-corrected chi connectivity index (χ0v) is 15.5. The molecular formula is C19H18ClFN2O4. The summed E-state index contributed by atoms with van der Waals surface area (Å²) in [5.74, 6) is -0.922. The van der Waals surface area contributed by atoms with Crippen molar-refractivity contribution in [2.45, 2.75) is 6.42 Å². The minimum Gasteiger partial charge on any atom is -0.493 e. The zero-order valence-electron chi connectivity index (χ0n) is 14.8. The molecule has 1 heterocycles. The van der Waals surface area contributed by atoms with E-state index in [1.807, 2.05) is 0 Å². The quantitative estimate of drug-likeness (QED) is 0.845. The van der Waals surface area contributed by atoms with Gasteiger partial charge in [0.05, 0.1) is 30.8 Å². The van der Waals surface area contributed by atoms with Crippen molar-refractivity contribution in [1.29, 1.82) is 0 Å². The number of methoxy groups -OCH3 is 2. The topological polar surface area (TPSA) is 67.9 Å². The molecule has 1 saturated heterocycles. The Balaban J connectivity index is 1.75. The predicted molar refractivity (Wildman–Crippen MR) is 100 cm³/mol. The molecule has 1 unspecified atom stereocenters. The standard InChI is InChI=1S/C19H18ClFN2O4/c1-26-15-7-6-12(9-16(15)27-2)23-10-11(8-17(23)24)19(25)22-14-5-3-4-13(20)18(14)21/h3-7,9,11H,8,10H2,1-2H3,(H,22,25). The fourth-order valence-electron chi connectivity index (χ4n) is 2.96. The van der Waals surface area contributed by atoms with Crippen LogP contribution >= 0.6 is 11.6 Å². The molecule has 1 N–H and O–H groups in total. The van der Waals surface area contributed by atoms with Gasteiger partial charge in [0.25, 0.3) is 0 Å². The van der Waals surface area contributed by atoms with Crippen molar-refractivity contribution >= 4 is 34.8 Å². The maximum Gasteiger partial charge on any atom is 0.229 e. The molecule has 0 aliphatic carbocycles. The van der Waals surface area contributed by atoms with Crippen LogP contribution in [-0.4, -0.2) is 32.6 Å². The highest BCUT2D eigenvalue weighted by Gasteiger charge is 2.35. The number of carbonyl (C=O) groups is 2. The van der Waals surface area contributed by atoms with E-state index < -0.39 is 17.6 Å². The number of ether oxygens (including phenoxy) is 2. The molecule has 1 fully saturated rings. The average molecular weight is 393 g/mol. The number of hydrogen-bond donors (Lipinski definition) is 1. The smallest absolute Gasteiger partial charge is 0.229 e. The molecule has 6 nitrogen and oxygen atoms in total. The Labute approximate surface area is 160 Å². The van der Waals surface area contributed by atoms with Crippen molar-refractivity contribution in [2.75, 3.05) is 31.0 Å². The molecule has 1 aliphatic heterocycles. The summed E-state index contributed by atoms with van der Waals surface area (Å²) in [6.07, 6.45) is 0.0301. The van der Waals surface area contributed by atoms with Gasteiger partial charge < -0.3 is 19.7 Å². The number of halogens is 2. The van der Waals surface area contributed by atoms with Gasteiger partial charge in [-0.05, 0) is 24.3 Å². The van der Waals surface area contributed by atoms with Crippen LogP contribution in [-0.2, 0) is 9.59 Å². The average Bonchev–Trinajstić information content (AvgIpc) is 3.06. The van der Waals surface area contributed by atoms with Crippen LogP contribution in [0.1, 0.15) is 6.42 Å². The second-order valence-corrected chi connectivity index (χ2v) is 6.44. The predicted octanol–water partition coefficient (Wildman–Crippen LogP) is 3.49. The van der Waals surface area contributed by atoms with Gasteiger partial charge in [-0.1, -0.05) is 17.7 Å². The van der Waals surface area contributed by atoms with E-state index in [4.69, 9.17) is 21.1 Å². The number of nitrogens with one attached hydrogen (secondary N) is 1. The summed E-state index contributed by atoms with van der Waals surface area (Å²) in [4.78, 5) is 26.4. The van der Waals surface area contributed by atoms with E-state index in [2.05, 4.69) is 5.32 Å². The van der Waals surface area contributed by atoms with Crippen molar-refractivity contribution < 1.29 is 23.5 Å². The van der Waals surface area contributed by atoms with Crippen LogP contribution in [0, 0.1) is 11.7 Å². The van der Waals surface area contributed by atoms with Crippen molar-refractivity contribution in [2.24, 2.45) is 5.92 Å². The molecule has 142 valence electrons. The van der Waals surface area contributed by atoms with Gasteiger partial charge in [0.2, 0.25) is 11.8 Å². The van der Waals surface area contributed by atoms with Gasteiger partial charge >= 0.3 is 0 Å². The van der Waals surface area contributed by atoms with Gasteiger partial charge in [-0.3, -0.25) is 9.59 Å². The first-order valence-electron chi connectivity index (χ1n) is 8.22. The van der Waals surface area contributed by atoms with Crippen molar-refractivity contribution in [3.63, 3.8) is 0 Å². The molecule has 8 heteroatoms. The van der Waals surface area contributed by atoms with Crippen molar-refractivity contribution in [3.8, 4) is 11.5 Å². The minimum atomic E-state index is -0.700. The highest BCUT2D eigenvalue weighted by atomic mass is 35.5. The third kappa shape index (κ3) is 3.83. The van der Waals surface area contributed by atoms with Crippen LogP contribution in [0.5, 0.6) is 11.5 Å². The maximum absolute atomic E-state index is 14.0. The number of carbonyl (C=O) groups excluding carboxylic acids is 2. The molecule has 0 aromatic heterocycles. The van der Waals surface area contributed by atoms with Gasteiger partial charge in [-0.25, -0.2) is 4.39 Å². The number of hydrogen-bond acceptors (Lipinski definition) is 4. The molecule has 2 amide bonds. The Kier molecular flexibility index (Phi) is 5.51. The molecule has 2 aromatic carbocycles. The summed E-state index contributed by atoms with van der Waals surface area (Å²) >= 11 is 5.73. The van der Waals surface area contributed by atoms with Gasteiger partial charge in [0.1, 0.15) is 0 Å². The summed E-state index contributed by atoms with van der Waals surface area (Å²) in [6.45, 7) is 0.183. The van der Waals surface area contributed by atoms with Crippen LogP contribution in [0.25, 0.3) is 0 Å². The summed E-state index contributed by atoms with van der Waals surface area (Å²) in [5.41, 5.74) is 0.589. The number of anilines is 2. The first kappa shape index (κ1) is 19.0. The molecule has 0 spiro atoms. The molecule has 27 heavy (non-hydrogen) atoms. The van der Waals surface area contributed by atoms with E-state index in [0.29, 0.717) is 17.2 Å². The number of nitrogens with zero attached hydrogens (tertiary/aromatic N) is 1. The zero-order chi connectivity index (χ0) is 19.6. The maximum atomic E-state index is 14.0. The molecule has 3 rings (SSSR count). The van der Waals surface area contributed by atoms with Gasteiger partial charge in [0.15, 0.2) is 17.3 Å². The van der Waals surface area contributed by atoms with E-state index in [0.717, 1.165) is 0 Å². The fraction of sp³-hybridized carbons (Fsp3) is 0.263. The lowest BCUT2D eigenvalue weighted by Gasteiger charge is -2.18. The lowest BCUT2D eigenvalue weighted by molar-refractivity contribution is -0.122. The minimum absolute atomic E-state index is 0.00971. The molecule has 1 atom stereocenters. The van der Waals surface area contributed by atoms with Crippen molar-refractivity contribution in [1.82, 2.24) is 0 Å². The Morgan fingerprint density at radius 3 is 2.67 bits per heavy atom. The second-order valence-electron chi connectivity index (χ2n) is 6.04. The first-order valence-corrected chi connectivity index (χ1v) is 8.59. The van der Waals surface area contributed by atoms with Gasteiger partial charge in [-0.2, -0.15) is 0 Å². The van der Waals surface area contributed by atoms with Crippen LogP contribution in [0.4, 0.5) is 15.8 Å². The lowest BCUT2D eigenvalue weighted by Crippen LogP contribution is -2.28. The monoisotopic (exact) mass is 392 g/mol. The fourth-order valence-corrected chi connectivity index (χ4v) is 3.14. The summed E-state index contributed by atoms with van der Waals surface area (Å²) in [5, 5.41) is 2.42. The molecule has 2 aromatic rings.